The predicted molar refractivity (Wildman–Crippen MR) is 151 cm³/mol. The number of nitrogens with one attached hydrogen (secondary N) is 1. The molecule has 0 aliphatic heterocycles. The highest BCUT2D eigenvalue weighted by molar-refractivity contribution is 5.88. The molecule has 0 fully saturated rings. The Balaban J connectivity index is 1.88. The summed E-state index contributed by atoms with van der Waals surface area (Å²) >= 11 is 0. The van der Waals surface area contributed by atoms with Gasteiger partial charge in [0.2, 0.25) is 11.8 Å². The summed E-state index contributed by atoms with van der Waals surface area (Å²) in [5.41, 5.74) is 4.13. The van der Waals surface area contributed by atoms with Gasteiger partial charge in [-0.3, -0.25) is 9.59 Å². The van der Waals surface area contributed by atoms with Gasteiger partial charge >= 0.3 is 0 Å². The van der Waals surface area contributed by atoms with Crippen molar-refractivity contribution < 1.29 is 19.1 Å². The number of benzene rings is 3. The molecule has 3 aromatic rings. The zero-order valence-electron chi connectivity index (χ0n) is 23.0. The van der Waals surface area contributed by atoms with E-state index in [-0.39, 0.29) is 18.2 Å². The molecule has 202 valence electrons. The van der Waals surface area contributed by atoms with Crippen LogP contribution in [0.4, 0.5) is 0 Å². The third kappa shape index (κ3) is 8.37. The van der Waals surface area contributed by atoms with Crippen molar-refractivity contribution in [2.75, 3.05) is 20.8 Å². The van der Waals surface area contributed by atoms with Crippen LogP contribution >= 0.6 is 0 Å². The van der Waals surface area contributed by atoms with Crippen molar-refractivity contribution in [3.05, 3.63) is 95.1 Å². The number of ether oxygens (including phenoxy) is 2. The van der Waals surface area contributed by atoms with Gasteiger partial charge in [0, 0.05) is 25.9 Å². The molecular weight excluding hydrogens is 476 g/mol. The van der Waals surface area contributed by atoms with Gasteiger partial charge in [-0.05, 0) is 48.6 Å². The Morgan fingerprint density at radius 1 is 0.868 bits per heavy atom. The van der Waals surface area contributed by atoms with Crippen LogP contribution in [0.2, 0.25) is 0 Å². The molecule has 3 rings (SSSR count). The second kappa shape index (κ2) is 14.8. The molecule has 3 aromatic carbocycles. The molecular formula is C32H40N2O4. The SMILES string of the molecule is CCCCNC(=O)[C@H](Cc1ccccc1)N(Cc1ccc(C)cc1)C(=O)CCc1ccc(OC)c(OC)c1. The highest BCUT2D eigenvalue weighted by Gasteiger charge is 2.30. The highest BCUT2D eigenvalue weighted by Crippen LogP contribution is 2.28. The summed E-state index contributed by atoms with van der Waals surface area (Å²) in [7, 11) is 3.20. The predicted octanol–water partition coefficient (Wildman–Crippen LogP) is 5.50. The molecule has 0 heterocycles. The molecule has 0 unspecified atom stereocenters. The van der Waals surface area contributed by atoms with E-state index in [4.69, 9.17) is 9.47 Å². The molecule has 6 heteroatoms. The second-order valence-corrected chi connectivity index (χ2v) is 9.55. The molecule has 0 saturated heterocycles. The molecule has 0 aliphatic carbocycles. The molecule has 2 amide bonds. The van der Waals surface area contributed by atoms with E-state index < -0.39 is 6.04 Å². The van der Waals surface area contributed by atoms with Crippen molar-refractivity contribution >= 4 is 11.8 Å². The van der Waals surface area contributed by atoms with Crippen LogP contribution in [-0.2, 0) is 29.0 Å². The summed E-state index contributed by atoms with van der Waals surface area (Å²) in [6.07, 6.45) is 3.14. The standard InChI is InChI=1S/C32H40N2O4/c1-5-6-20-33-32(36)28(21-25-10-8-7-9-11-25)34(23-27-14-12-24(2)13-15-27)31(35)19-17-26-16-18-29(37-3)30(22-26)38-4/h7-16,18,22,28H,5-6,17,19-21,23H2,1-4H3,(H,33,36)/t28-/m0/s1. The largest absolute Gasteiger partial charge is 0.493 e. The first-order chi connectivity index (χ1) is 18.4. The van der Waals surface area contributed by atoms with Crippen LogP contribution in [0, 0.1) is 6.92 Å². The minimum atomic E-state index is -0.617. The van der Waals surface area contributed by atoms with Crippen LogP contribution in [0.5, 0.6) is 11.5 Å². The molecule has 0 aliphatic rings. The highest BCUT2D eigenvalue weighted by atomic mass is 16.5. The summed E-state index contributed by atoms with van der Waals surface area (Å²) in [5, 5.41) is 3.07. The Bertz CT molecular complexity index is 1160. The number of hydrogen-bond acceptors (Lipinski definition) is 4. The Morgan fingerprint density at radius 2 is 1.55 bits per heavy atom. The zero-order valence-corrected chi connectivity index (χ0v) is 23.0. The number of hydrogen-bond donors (Lipinski definition) is 1. The number of carbonyl (C=O) groups excluding carboxylic acids is 2. The molecule has 6 nitrogen and oxygen atoms in total. The molecule has 0 aromatic heterocycles. The minimum Gasteiger partial charge on any atom is -0.493 e. The van der Waals surface area contributed by atoms with E-state index in [1.54, 1.807) is 19.1 Å². The lowest BCUT2D eigenvalue weighted by molar-refractivity contribution is -0.141. The average Bonchev–Trinajstić information content (AvgIpc) is 2.95. The van der Waals surface area contributed by atoms with Crippen LogP contribution in [-0.4, -0.2) is 43.5 Å². The van der Waals surface area contributed by atoms with Crippen molar-refractivity contribution in [1.29, 1.82) is 0 Å². The first kappa shape index (κ1) is 28.8. The van der Waals surface area contributed by atoms with Crippen molar-refractivity contribution in [1.82, 2.24) is 10.2 Å². The van der Waals surface area contributed by atoms with Crippen LogP contribution in [0.3, 0.4) is 0 Å². The van der Waals surface area contributed by atoms with Crippen LogP contribution in [0.1, 0.15) is 48.4 Å². The zero-order chi connectivity index (χ0) is 27.3. The van der Waals surface area contributed by atoms with Gasteiger partial charge in [-0.1, -0.05) is 79.6 Å². The lowest BCUT2D eigenvalue weighted by Crippen LogP contribution is -2.50. The summed E-state index contributed by atoms with van der Waals surface area (Å²) in [5.74, 6) is 1.10. The maximum atomic E-state index is 13.8. The number of carbonyl (C=O) groups is 2. The lowest BCUT2D eigenvalue weighted by Gasteiger charge is -2.32. The summed E-state index contributed by atoms with van der Waals surface area (Å²) in [6.45, 7) is 5.09. The number of methoxy groups -OCH3 is 2. The van der Waals surface area contributed by atoms with Crippen LogP contribution < -0.4 is 14.8 Å². The van der Waals surface area contributed by atoms with Gasteiger partial charge in [-0.25, -0.2) is 0 Å². The second-order valence-electron chi connectivity index (χ2n) is 9.55. The van der Waals surface area contributed by atoms with Gasteiger partial charge in [0.1, 0.15) is 6.04 Å². The van der Waals surface area contributed by atoms with E-state index in [2.05, 4.69) is 12.2 Å². The molecule has 0 saturated carbocycles. The van der Waals surface area contributed by atoms with E-state index in [1.165, 1.54) is 0 Å². The fraction of sp³-hybridized carbons (Fsp3) is 0.375. The topological polar surface area (TPSA) is 67.9 Å². The van der Waals surface area contributed by atoms with Crippen molar-refractivity contribution in [2.45, 2.75) is 58.5 Å². The van der Waals surface area contributed by atoms with Gasteiger partial charge in [0.25, 0.3) is 0 Å². The first-order valence-electron chi connectivity index (χ1n) is 13.3. The number of nitrogens with zero attached hydrogens (tertiary/aromatic N) is 1. The maximum absolute atomic E-state index is 13.8. The molecule has 0 spiro atoms. The van der Waals surface area contributed by atoms with E-state index >= 15 is 0 Å². The first-order valence-corrected chi connectivity index (χ1v) is 13.3. The van der Waals surface area contributed by atoms with Crippen LogP contribution in [0.15, 0.2) is 72.8 Å². The molecule has 0 bridgehead atoms. The lowest BCUT2D eigenvalue weighted by atomic mass is 10.0. The van der Waals surface area contributed by atoms with Crippen LogP contribution in [0.25, 0.3) is 0 Å². The molecule has 1 atom stereocenters. The Labute approximate surface area is 227 Å². The number of unbranched alkanes of at least 4 members (excludes halogenated alkanes) is 1. The van der Waals surface area contributed by atoms with Crippen molar-refractivity contribution in [2.24, 2.45) is 0 Å². The van der Waals surface area contributed by atoms with Gasteiger partial charge in [0.15, 0.2) is 11.5 Å². The average molecular weight is 517 g/mol. The fourth-order valence-corrected chi connectivity index (χ4v) is 4.38. The van der Waals surface area contributed by atoms with Crippen molar-refractivity contribution in [3.8, 4) is 11.5 Å². The van der Waals surface area contributed by atoms with Gasteiger partial charge in [-0.2, -0.15) is 0 Å². The minimum absolute atomic E-state index is 0.0630. The van der Waals surface area contributed by atoms with E-state index in [9.17, 15) is 9.59 Å². The smallest absolute Gasteiger partial charge is 0.243 e. The third-order valence-electron chi connectivity index (χ3n) is 6.65. The summed E-state index contributed by atoms with van der Waals surface area (Å²) in [4.78, 5) is 29.1. The normalized spacial score (nSPS) is 11.5. The van der Waals surface area contributed by atoms with Gasteiger partial charge < -0.3 is 19.7 Å². The fourth-order valence-electron chi connectivity index (χ4n) is 4.38. The van der Waals surface area contributed by atoms with E-state index in [0.29, 0.717) is 37.4 Å². The van der Waals surface area contributed by atoms with E-state index in [0.717, 1.165) is 35.1 Å². The summed E-state index contributed by atoms with van der Waals surface area (Å²) < 4.78 is 10.8. The molecule has 0 radical (unpaired) electrons. The monoisotopic (exact) mass is 516 g/mol. The Morgan fingerprint density at radius 3 is 2.21 bits per heavy atom. The van der Waals surface area contributed by atoms with Gasteiger partial charge in [-0.15, -0.1) is 0 Å². The van der Waals surface area contributed by atoms with Gasteiger partial charge in [0.05, 0.1) is 14.2 Å². The molecule has 1 N–H and O–H groups in total. The Hall–Kier alpha value is -3.80. The maximum Gasteiger partial charge on any atom is 0.243 e. The van der Waals surface area contributed by atoms with Crippen molar-refractivity contribution in [3.63, 3.8) is 0 Å². The number of aryl methyl sites for hydroxylation is 2. The third-order valence-corrected chi connectivity index (χ3v) is 6.65. The number of rotatable bonds is 14. The summed E-state index contributed by atoms with van der Waals surface area (Å²) in [6, 6.07) is 23.1. The Kier molecular flexibility index (Phi) is 11.2. The molecule has 38 heavy (non-hydrogen) atoms. The quantitative estimate of drug-likeness (QED) is 0.287. The number of amides is 2. The van der Waals surface area contributed by atoms with E-state index in [1.807, 2.05) is 79.7 Å².